The molecule has 0 saturated carbocycles. The Morgan fingerprint density at radius 2 is 2.00 bits per heavy atom. The van der Waals surface area contributed by atoms with Crippen LogP contribution in [0.15, 0.2) is 24.3 Å². The van der Waals surface area contributed by atoms with Crippen LogP contribution in [-0.2, 0) is 11.3 Å². The third-order valence-corrected chi connectivity index (χ3v) is 2.81. The predicted octanol–water partition coefficient (Wildman–Crippen LogP) is 0.534. The number of nitrogens with one attached hydrogen (secondary N) is 1. The van der Waals surface area contributed by atoms with E-state index >= 15 is 0 Å². The van der Waals surface area contributed by atoms with E-state index in [0.717, 1.165) is 5.56 Å². The van der Waals surface area contributed by atoms with E-state index in [1.165, 1.54) is 5.56 Å². The van der Waals surface area contributed by atoms with Crippen molar-refractivity contribution < 1.29 is 9.90 Å². The second-order valence-corrected chi connectivity index (χ2v) is 4.21. The van der Waals surface area contributed by atoms with Gasteiger partial charge in [0.2, 0.25) is 5.91 Å². The topological polar surface area (TPSA) is 52.6 Å². The molecule has 1 rings (SSSR count). The summed E-state index contributed by atoms with van der Waals surface area (Å²) in [6.07, 6.45) is 0. The third-order valence-electron chi connectivity index (χ3n) is 2.81. The monoisotopic (exact) mass is 236 g/mol. The first kappa shape index (κ1) is 13.7. The van der Waals surface area contributed by atoms with Crippen LogP contribution in [-0.4, -0.2) is 42.7 Å². The molecule has 0 aliphatic rings. The SMILES string of the molecule is CNC(=O)C(CO)N(C)Cc1ccc(C)cc1. The second kappa shape index (κ2) is 6.37. The van der Waals surface area contributed by atoms with E-state index in [1.807, 2.05) is 43.1 Å². The summed E-state index contributed by atoms with van der Waals surface area (Å²) < 4.78 is 0. The summed E-state index contributed by atoms with van der Waals surface area (Å²) in [4.78, 5) is 13.4. The first-order chi connectivity index (χ1) is 8.08. The lowest BCUT2D eigenvalue weighted by Crippen LogP contribution is -2.46. The van der Waals surface area contributed by atoms with Crippen LogP contribution in [0.25, 0.3) is 0 Å². The number of aliphatic hydroxyl groups excluding tert-OH is 1. The molecule has 1 unspecified atom stereocenters. The first-order valence-electron chi connectivity index (χ1n) is 5.66. The number of amides is 1. The summed E-state index contributed by atoms with van der Waals surface area (Å²) in [5.74, 6) is -0.165. The molecule has 2 N–H and O–H groups in total. The Bertz CT molecular complexity index is 362. The van der Waals surface area contributed by atoms with Crippen molar-refractivity contribution in [2.75, 3.05) is 20.7 Å². The lowest BCUT2D eigenvalue weighted by atomic mass is 10.1. The minimum Gasteiger partial charge on any atom is -0.394 e. The smallest absolute Gasteiger partial charge is 0.239 e. The van der Waals surface area contributed by atoms with Gasteiger partial charge in [-0.25, -0.2) is 0 Å². The fraction of sp³-hybridized carbons (Fsp3) is 0.462. The van der Waals surface area contributed by atoms with E-state index in [9.17, 15) is 9.90 Å². The van der Waals surface area contributed by atoms with E-state index in [2.05, 4.69) is 5.32 Å². The van der Waals surface area contributed by atoms with E-state index in [0.29, 0.717) is 6.54 Å². The minimum absolute atomic E-state index is 0.165. The van der Waals surface area contributed by atoms with E-state index in [-0.39, 0.29) is 12.5 Å². The molecule has 1 aromatic carbocycles. The summed E-state index contributed by atoms with van der Waals surface area (Å²) in [7, 11) is 3.40. The van der Waals surface area contributed by atoms with Crippen molar-refractivity contribution in [1.29, 1.82) is 0 Å². The van der Waals surface area contributed by atoms with Crippen LogP contribution >= 0.6 is 0 Å². The van der Waals surface area contributed by atoms with Gasteiger partial charge in [0.05, 0.1) is 6.61 Å². The van der Waals surface area contributed by atoms with Gasteiger partial charge in [0.1, 0.15) is 6.04 Å². The normalized spacial score (nSPS) is 12.5. The fourth-order valence-corrected chi connectivity index (χ4v) is 1.68. The van der Waals surface area contributed by atoms with Crippen LogP contribution in [0.2, 0.25) is 0 Å². The second-order valence-electron chi connectivity index (χ2n) is 4.21. The Hall–Kier alpha value is -1.39. The number of benzene rings is 1. The van der Waals surface area contributed by atoms with Crippen LogP contribution in [0.3, 0.4) is 0 Å². The van der Waals surface area contributed by atoms with Gasteiger partial charge >= 0.3 is 0 Å². The maximum absolute atomic E-state index is 11.5. The number of rotatable bonds is 5. The fourth-order valence-electron chi connectivity index (χ4n) is 1.68. The largest absolute Gasteiger partial charge is 0.394 e. The number of carbonyl (C=O) groups excluding carboxylic acids is 1. The van der Waals surface area contributed by atoms with Gasteiger partial charge in [-0.1, -0.05) is 29.8 Å². The molecule has 1 aromatic rings. The molecular weight excluding hydrogens is 216 g/mol. The van der Waals surface area contributed by atoms with E-state index < -0.39 is 6.04 Å². The molecule has 0 radical (unpaired) electrons. The van der Waals surface area contributed by atoms with Crippen molar-refractivity contribution in [3.63, 3.8) is 0 Å². The molecule has 1 atom stereocenters. The highest BCUT2D eigenvalue weighted by Crippen LogP contribution is 2.08. The lowest BCUT2D eigenvalue weighted by Gasteiger charge is -2.24. The van der Waals surface area contributed by atoms with Gasteiger partial charge < -0.3 is 10.4 Å². The summed E-state index contributed by atoms with van der Waals surface area (Å²) in [5, 5.41) is 11.8. The maximum atomic E-state index is 11.5. The van der Waals surface area contributed by atoms with Crippen molar-refractivity contribution in [2.24, 2.45) is 0 Å². The van der Waals surface area contributed by atoms with Crippen LogP contribution in [0.1, 0.15) is 11.1 Å². The zero-order chi connectivity index (χ0) is 12.8. The molecular formula is C13H20N2O2. The van der Waals surface area contributed by atoms with Gasteiger partial charge in [0, 0.05) is 13.6 Å². The highest BCUT2D eigenvalue weighted by Gasteiger charge is 2.20. The molecule has 4 heteroatoms. The molecule has 0 bridgehead atoms. The van der Waals surface area contributed by atoms with Crippen molar-refractivity contribution >= 4 is 5.91 Å². The molecule has 0 aliphatic carbocycles. The van der Waals surface area contributed by atoms with Crippen molar-refractivity contribution in [2.45, 2.75) is 19.5 Å². The van der Waals surface area contributed by atoms with Crippen LogP contribution < -0.4 is 5.32 Å². The van der Waals surface area contributed by atoms with Crippen molar-refractivity contribution in [3.05, 3.63) is 35.4 Å². The van der Waals surface area contributed by atoms with E-state index in [4.69, 9.17) is 0 Å². The van der Waals surface area contributed by atoms with Crippen LogP contribution in [0.5, 0.6) is 0 Å². The van der Waals surface area contributed by atoms with Gasteiger partial charge in [0.15, 0.2) is 0 Å². The number of hydrogen-bond donors (Lipinski definition) is 2. The zero-order valence-corrected chi connectivity index (χ0v) is 10.6. The standard InChI is InChI=1S/C13H20N2O2/c1-10-4-6-11(7-5-10)8-15(3)12(9-16)13(17)14-2/h4-7,12,16H,8-9H2,1-3H3,(H,14,17). The molecule has 17 heavy (non-hydrogen) atoms. The highest BCUT2D eigenvalue weighted by molar-refractivity contribution is 5.81. The molecule has 0 aliphatic heterocycles. The predicted molar refractivity (Wildman–Crippen MR) is 67.6 cm³/mol. The Balaban J connectivity index is 2.66. The summed E-state index contributed by atoms with van der Waals surface area (Å²) in [6, 6.07) is 7.64. The van der Waals surface area contributed by atoms with Gasteiger partial charge in [-0.2, -0.15) is 0 Å². The van der Waals surface area contributed by atoms with E-state index in [1.54, 1.807) is 7.05 Å². The number of carbonyl (C=O) groups is 1. The first-order valence-corrected chi connectivity index (χ1v) is 5.66. The Morgan fingerprint density at radius 1 is 1.41 bits per heavy atom. The van der Waals surface area contributed by atoms with Gasteiger partial charge in [-0.3, -0.25) is 9.69 Å². The number of nitrogens with zero attached hydrogens (tertiary/aromatic N) is 1. The molecule has 0 aromatic heterocycles. The Kier molecular flexibility index (Phi) is 5.12. The van der Waals surface area contributed by atoms with Crippen LogP contribution in [0, 0.1) is 6.92 Å². The van der Waals surface area contributed by atoms with Gasteiger partial charge in [-0.15, -0.1) is 0 Å². The number of hydrogen-bond acceptors (Lipinski definition) is 3. The Morgan fingerprint density at radius 3 is 2.47 bits per heavy atom. The molecule has 1 amide bonds. The minimum atomic E-state index is -0.499. The summed E-state index contributed by atoms with van der Waals surface area (Å²) >= 11 is 0. The molecule has 0 spiro atoms. The number of aliphatic hydroxyl groups is 1. The number of likely N-dealkylation sites (N-methyl/N-ethyl adjacent to an activating group) is 2. The molecule has 94 valence electrons. The Labute approximate surface area is 102 Å². The van der Waals surface area contributed by atoms with Crippen LogP contribution in [0.4, 0.5) is 0 Å². The quantitative estimate of drug-likeness (QED) is 0.784. The third kappa shape index (κ3) is 3.84. The molecule has 0 saturated heterocycles. The zero-order valence-electron chi connectivity index (χ0n) is 10.6. The molecule has 4 nitrogen and oxygen atoms in total. The molecule has 0 heterocycles. The van der Waals surface area contributed by atoms with Crippen molar-refractivity contribution in [3.8, 4) is 0 Å². The maximum Gasteiger partial charge on any atom is 0.239 e. The summed E-state index contributed by atoms with van der Waals surface area (Å²) in [6.45, 7) is 2.50. The molecule has 0 fully saturated rings. The average Bonchev–Trinajstić information content (AvgIpc) is 2.32. The lowest BCUT2D eigenvalue weighted by molar-refractivity contribution is -0.127. The van der Waals surface area contributed by atoms with Gasteiger partial charge in [0.25, 0.3) is 0 Å². The average molecular weight is 236 g/mol. The van der Waals surface area contributed by atoms with Crippen molar-refractivity contribution in [1.82, 2.24) is 10.2 Å². The van der Waals surface area contributed by atoms with Gasteiger partial charge in [-0.05, 0) is 19.5 Å². The summed E-state index contributed by atoms with van der Waals surface area (Å²) in [5.41, 5.74) is 2.34. The number of aryl methyl sites for hydroxylation is 1. The highest BCUT2D eigenvalue weighted by atomic mass is 16.3.